The zero-order valence-corrected chi connectivity index (χ0v) is 18.2. The van der Waals surface area contributed by atoms with Crippen molar-refractivity contribution in [3.05, 3.63) is 71.7 Å². The van der Waals surface area contributed by atoms with Gasteiger partial charge in [0.1, 0.15) is 11.4 Å². The molecule has 8 nitrogen and oxygen atoms in total. The molecule has 11 heteroatoms. The lowest BCUT2D eigenvalue weighted by Gasteiger charge is -2.06. The lowest BCUT2D eigenvalue weighted by atomic mass is 10.1. The summed E-state index contributed by atoms with van der Waals surface area (Å²) in [4.78, 5) is 24.6. The molecule has 4 rings (SSSR count). The number of carboxylic acid groups (broad SMARTS) is 1. The molecule has 2 aromatic carbocycles. The van der Waals surface area contributed by atoms with Gasteiger partial charge in [0.15, 0.2) is 0 Å². The van der Waals surface area contributed by atoms with Gasteiger partial charge in [-0.1, -0.05) is 24.3 Å². The molecule has 0 spiro atoms. The number of amides is 1. The number of nitrogens with zero attached hydrogens (tertiary/aromatic N) is 1. The number of aliphatic carboxylic acids is 1. The third-order valence-corrected chi connectivity index (χ3v) is 4.84. The molecule has 0 radical (unpaired) electrons. The number of methoxy groups -OCH3 is 1. The number of halogens is 3. The quantitative estimate of drug-likeness (QED) is 0.341. The van der Waals surface area contributed by atoms with Crippen molar-refractivity contribution in [2.24, 2.45) is 0 Å². The largest absolute Gasteiger partial charge is 0.497 e. The van der Waals surface area contributed by atoms with Crippen LogP contribution in [0.25, 0.3) is 22.0 Å². The van der Waals surface area contributed by atoms with E-state index in [1.807, 2.05) is 55.5 Å². The Morgan fingerprint density at radius 1 is 1.15 bits per heavy atom. The van der Waals surface area contributed by atoms with E-state index in [9.17, 15) is 18.0 Å². The maximum Gasteiger partial charge on any atom is 0.490 e. The summed E-state index contributed by atoms with van der Waals surface area (Å²) in [5.41, 5.74) is 5.55. The van der Waals surface area contributed by atoms with Crippen molar-refractivity contribution in [3.8, 4) is 16.9 Å². The summed E-state index contributed by atoms with van der Waals surface area (Å²) in [7, 11) is 1.63. The number of aromatic nitrogens is 3. The summed E-state index contributed by atoms with van der Waals surface area (Å²) in [6.45, 7) is 2.42. The van der Waals surface area contributed by atoms with Crippen LogP contribution in [0.3, 0.4) is 0 Å². The molecule has 2 aromatic heterocycles. The maximum absolute atomic E-state index is 12.5. The highest BCUT2D eigenvalue weighted by molar-refractivity contribution is 5.98. The Labute approximate surface area is 191 Å². The van der Waals surface area contributed by atoms with Crippen molar-refractivity contribution in [2.45, 2.75) is 19.6 Å². The van der Waals surface area contributed by atoms with Crippen molar-refractivity contribution >= 4 is 22.8 Å². The van der Waals surface area contributed by atoms with Crippen LogP contribution in [-0.4, -0.2) is 45.5 Å². The molecule has 0 fully saturated rings. The first-order valence-corrected chi connectivity index (χ1v) is 9.93. The number of hydrogen-bond donors (Lipinski definition) is 4. The third-order valence-electron chi connectivity index (χ3n) is 4.84. The van der Waals surface area contributed by atoms with Crippen LogP contribution in [0, 0.1) is 6.92 Å². The fraction of sp³-hybridized carbons (Fsp3) is 0.174. The Hall–Kier alpha value is -4.28. The predicted molar refractivity (Wildman–Crippen MR) is 118 cm³/mol. The second-order valence-corrected chi connectivity index (χ2v) is 7.23. The monoisotopic (exact) mass is 474 g/mol. The van der Waals surface area contributed by atoms with Gasteiger partial charge in [-0.2, -0.15) is 18.3 Å². The number of rotatable bonds is 5. The average Bonchev–Trinajstić information content (AvgIpc) is 3.42. The fourth-order valence-corrected chi connectivity index (χ4v) is 3.12. The first-order valence-electron chi connectivity index (χ1n) is 9.93. The van der Waals surface area contributed by atoms with Gasteiger partial charge in [-0.25, -0.2) is 4.79 Å². The molecule has 0 bridgehead atoms. The Morgan fingerprint density at radius 3 is 2.50 bits per heavy atom. The van der Waals surface area contributed by atoms with Gasteiger partial charge >= 0.3 is 12.1 Å². The molecule has 0 unspecified atom stereocenters. The van der Waals surface area contributed by atoms with Gasteiger partial charge < -0.3 is 20.1 Å². The number of H-pyrrole nitrogens is 2. The molecule has 1 amide bonds. The fourth-order valence-electron chi connectivity index (χ4n) is 3.12. The lowest BCUT2D eigenvalue weighted by Crippen LogP contribution is -2.23. The molecule has 0 aliphatic heterocycles. The second-order valence-electron chi connectivity index (χ2n) is 7.23. The molecule has 178 valence electrons. The molecule has 0 aliphatic rings. The normalized spacial score (nSPS) is 11.0. The topological polar surface area (TPSA) is 120 Å². The number of carbonyl (C=O) groups is 2. The average molecular weight is 474 g/mol. The van der Waals surface area contributed by atoms with Crippen LogP contribution in [0.1, 0.15) is 21.7 Å². The minimum Gasteiger partial charge on any atom is -0.497 e. The minimum absolute atomic E-state index is 0.143. The summed E-state index contributed by atoms with van der Waals surface area (Å²) < 4.78 is 36.9. The van der Waals surface area contributed by atoms with E-state index in [1.54, 1.807) is 13.3 Å². The number of hydrogen-bond acceptors (Lipinski definition) is 4. The Balaban J connectivity index is 0.000000406. The zero-order valence-electron chi connectivity index (χ0n) is 18.2. The minimum atomic E-state index is -5.08. The molecular formula is C23H21F3N4O4. The Morgan fingerprint density at radius 2 is 1.88 bits per heavy atom. The van der Waals surface area contributed by atoms with Gasteiger partial charge in [0.2, 0.25) is 0 Å². The Kier molecular flexibility index (Phi) is 7.24. The molecule has 2 heterocycles. The Bertz CT molecular complexity index is 1310. The van der Waals surface area contributed by atoms with E-state index < -0.39 is 12.1 Å². The molecule has 0 atom stereocenters. The van der Waals surface area contributed by atoms with Crippen molar-refractivity contribution < 1.29 is 32.6 Å². The highest BCUT2D eigenvalue weighted by Crippen LogP contribution is 2.26. The van der Waals surface area contributed by atoms with E-state index >= 15 is 0 Å². The molecule has 4 N–H and O–H groups in total. The predicted octanol–water partition coefficient (Wildman–Crippen LogP) is 4.44. The standard InChI is InChI=1S/C21H20N4O2.C2HF3O2/c1-13-18(12-23-25-13)15-6-7-16-10-20(24-19(16)9-15)21(26)22-11-14-4-3-5-17(8-14)27-2;3-2(4,5)1(6)7/h3-10,12,24H,11H2,1-2H3,(H,22,26)(H,23,25);(H,6,7). The second kappa shape index (κ2) is 10.1. The van der Waals surface area contributed by atoms with E-state index in [0.717, 1.165) is 39.0 Å². The van der Waals surface area contributed by atoms with Crippen molar-refractivity contribution in [1.82, 2.24) is 20.5 Å². The number of nitrogens with one attached hydrogen (secondary N) is 3. The first-order chi connectivity index (χ1) is 16.1. The summed E-state index contributed by atoms with van der Waals surface area (Å²) >= 11 is 0. The SMILES string of the molecule is COc1cccc(CNC(=O)c2cc3ccc(-c4cn[nH]c4C)cc3[nH]2)c1.O=C(O)C(F)(F)F. The molecule has 34 heavy (non-hydrogen) atoms. The molecule has 4 aromatic rings. The van der Waals surface area contributed by atoms with Crippen LogP contribution in [-0.2, 0) is 11.3 Å². The smallest absolute Gasteiger partial charge is 0.490 e. The van der Waals surface area contributed by atoms with E-state index in [0.29, 0.717) is 12.2 Å². The van der Waals surface area contributed by atoms with E-state index in [4.69, 9.17) is 14.6 Å². The van der Waals surface area contributed by atoms with Gasteiger partial charge in [0, 0.05) is 28.7 Å². The van der Waals surface area contributed by atoms with Crippen LogP contribution in [0.4, 0.5) is 13.2 Å². The summed E-state index contributed by atoms with van der Waals surface area (Å²) in [5, 5.41) is 18.1. The maximum atomic E-state index is 12.5. The molecule has 0 aliphatic carbocycles. The van der Waals surface area contributed by atoms with Crippen LogP contribution in [0.5, 0.6) is 5.75 Å². The van der Waals surface area contributed by atoms with Crippen molar-refractivity contribution in [2.75, 3.05) is 7.11 Å². The zero-order chi connectivity index (χ0) is 24.9. The van der Waals surface area contributed by atoms with E-state index in [-0.39, 0.29) is 5.91 Å². The number of aromatic amines is 2. The van der Waals surface area contributed by atoms with E-state index in [1.165, 1.54) is 0 Å². The lowest BCUT2D eigenvalue weighted by molar-refractivity contribution is -0.192. The van der Waals surface area contributed by atoms with Gasteiger partial charge in [-0.05, 0) is 42.3 Å². The number of aryl methyl sites for hydroxylation is 1. The number of benzene rings is 2. The van der Waals surface area contributed by atoms with Gasteiger partial charge in [0.25, 0.3) is 5.91 Å². The summed E-state index contributed by atoms with van der Waals surface area (Å²) in [6.07, 6.45) is -3.28. The van der Waals surface area contributed by atoms with E-state index in [2.05, 4.69) is 20.5 Å². The number of alkyl halides is 3. The van der Waals surface area contributed by atoms with Crippen LogP contribution in [0.15, 0.2) is 54.7 Å². The molecule has 0 saturated carbocycles. The number of carbonyl (C=O) groups excluding carboxylic acids is 1. The van der Waals surface area contributed by atoms with Gasteiger partial charge in [-0.3, -0.25) is 9.89 Å². The van der Waals surface area contributed by atoms with Crippen molar-refractivity contribution in [1.29, 1.82) is 0 Å². The number of carboxylic acids is 1. The van der Waals surface area contributed by atoms with Crippen LogP contribution >= 0.6 is 0 Å². The highest BCUT2D eigenvalue weighted by Gasteiger charge is 2.38. The van der Waals surface area contributed by atoms with Crippen LogP contribution in [0.2, 0.25) is 0 Å². The van der Waals surface area contributed by atoms with Gasteiger partial charge in [0.05, 0.1) is 13.3 Å². The molecule has 0 saturated heterocycles. The first kappa shape index (κ1) is 24.4. The van der Waals surface area contributed by atoms with Crippen molar-refractivity contribution in [3.63, 3.8) is 0 Å². The summed E-state index contributed by atoms with van der Waals surface area (Å²) in [6, 6.07) is 15.6. The molecular weight excluding hydrogens is 453 g/mol. The van der Waals surface area contributed by atoms with Gasteiger partial charge in [-0.15, -0.1) is 0 Å². The van der Waals surface area contributed by atoms with Crippen LogP contribution < -0.4 is 10.1 Å². The third kappa shape index (κ3) is 5.94. The number of fused-ring (bicyclic) bond motifs is 1. The number of ether oxygens (including phenoxy) is 1. The highest BCUT2D eigenvalue weighted by atomic mass is 19.4. The summed E-state index contributed by atoms with van der Waals surface area (Å²) in [5.74, 6) is -2.13.